The SMILES string of the molecule is CC(C)Sc1ccc2nc(Nc3ccccc3)sc2c1. The molecule has 102 valence electrons. The lowest BCUT2D eigenvalue weighted by Gasteiger charge is -2.03. The molecule has 3 rings (SSSR count). The minimum atomic E-state index is 0.599. The fourth-order valence-electron chi connectivity index (χ4n) is 1.95. The van der Waals surface area contributed by atoms with Gasteiger partial charge in [-0.3, -0.25) is 0 Å². The molecule has 1 aromatic heterocycles. The first-order chi connectivity index (χ1) is 9.70. The Bertz CT molecular complexity index is 705. The molecule has 3 aromatic rings. The highest BCUT2D eigenvalue weighted by molar-refractivity contribution is 7.99. The third-order valence-corrected chi connectivity index (χ3v) is 4.69. The van der Waals surface area contributed by atoms with Crippen molar-refractivity contribution in [1.29, 1.82) is 0 Å². The minimum Gasteiger partial charge on any atom is -0.332 e. The average molecular weight is 300 g/mol. The van der Waals surface area contributed by atoms with Crippen molar-refractivity contribution in [3.05, 3.63) is 48.5 Å². The normalized spacial score (nSPS) is 11.2. The van der Waals surface area contributed by atoms with E-state index < -0.39 is 0 Å². The quantitative estimate of drug-likeness (QED) is 0.640. The smallest absolute Gasteiger partial charge is 0.188 e. The monoisotopic (exact) mass is 300 g/mol. The summed E-state index contributed by atoms with van der Waals surface area (Å²) in [5, 5.41) is 4.90. The zero-order valence-corrected chi connectivity index (χ0v) is 13.1. The molecule has 0 spiro atoms. The third kappa shape index (κ3) is 3.14. The van der Waals surface area contributed by atoms with Gasteiger partial charge in [0.1, 0.15) is 0 Å². The number of hydrogen-bond acceptors (Lipinski definition) is 4. The number of para-hydroxylation sites is 1. The first kappa shape index (κ1) is 13.5. The lowest BCUT2D eigenvalue weighted by molar-refractivity contribution is 1.11. The van der Waals surface area contributed by atoms with Gasteiger partial charge in [-0.25, -0.2) is 4.98 Å². The molecule has 2 aromatic carbocycles. The van der Waals surface area contributed by atoms with Crippen LogP contribution in [-0.2, 0) is 0 Å². The molecule has 20 heavy (non-hydrogen) atoms. The molecule has 0 radical (unpaired) electrons. The molecule has 0 saturated heterocycles. The van der Waals surface area contributed by atoms with Gasteiger partial charge in [0.25, 0.3) is 0 Å². The summed E-state index contributed by atoms with van der Waals surface area (Å²) in [5.74, 6) is 0. The van der Waals surface area contributed by atoms with E-state index in [0.29, 0.717) is 5.25 Å². The van der Waals surface area contributed by atoms with Crippen LogP contribution in [0.2, 0.25) is 0 Å². The van der Waals surface area contributed by atoms with Gasteiger partial charge in [0.2, 0.25) is 0 Å². The van der Waals surface area contributed by atoms with E-state index in [0.717, 1.165) is 16.3 Å². The number of hydrogen-bond donors (Lipinski definition) is 1. The maximum absolute atomic E-state index is 4.63. The number of anilines is 2. The molecular formula is C16H16N2S2. The summed E-state index contributed by atoms with van der Waals surface area (Å²) in [7, 11) is 0. The second kappa shape index (κ2) is 5.85. The van der Waals surface area contributed by atoms with E-state index in [4.69, 9.17) is 0 Å². The average Bonchev–Trinajstić information content (AvgIpc) is 2.80. The summed E-state index contributed by atoms with van der Waals surface area (Å²) >= 11 is 3.58. The highest BCUT2D eigenvalue weighted by Crippen LogP contribution is 2.32. The summed E-state index contributed by atoms with van der Waals surface area (Å²) in [4.78, 5) is 5.93. The van der Waals surface area contributed by atoms with E-state index >= 15 is 0 Å². The van der Waals surface area contributed by atoms with Gasteiger partial charge in [0.05, 0.1) is 10.2 Å². The van der Waals surface area contributed by atoms with Crippen LogP contribution >= 0.6 is 23.1 Å². The standard InChI is InChI=1S/C16H16N2S2/c1-11(2)19-13-8-9-14-15(10-13)20-16(18-14)17-12-6-4-3-5-7-12/h3-11H,1-2H3,(H,17,18). The summed E-state index contributed by atoms with van der Waals surface area (Å²) < 4.78 is 1.23. The molecule has 1 N–H and O–H groups in total. The van der Waals surface area contributed by atoms with Crippen LogP contribution in [0.4, 0.5) is 10.8 Å². The molecule has 0 amide bonds. The molecule has 4 heteroatoms. The molecule has 0 aliphatic heterocycles. The molecule has 0 fully saturated rings. The van der Waals surface area contributed by atoms with E-state index in [9.17, 15) is 0 Å². The Kier molecular flexibility index (Phi) is 3.94. The van der Waals surface area contributed by atoms with E-state index in [1.54, 1.807) is 11.3 Å². The number of rotatable bonds is 4. The van der Waals surface area contributed by atoms with Crippen molar-refractivity contribution in [2.24, 2.45) is 0 Å². The van der Waals surface area contributed by atoms with Crippen LogP contribution in [0.5, 0.6) is 0 Å². The molecule has 0 saturated carbocycles. The van der Waals surface area contributed by atoms with Crippen LogP contribution < -0.4 is 5.32 Å². The largest absolute Gasteiger partial charge is 0.332 e. The lowest BCUT2D eigenvalue weighted by atomic mass is 10.3. The number of aromatic nitrogens is 1. The Balaban J connectivity index is 1.87. The Hall–Kier alpha value is -1.52. The molecular weight excluding hydrogens is 284 g/mol. The van der Waals surface area contributed by atoms with Crippen molar-refractivity contribution >= 4 is 44.1 Å². The Morgan fingerprint density at radius 1 is 1.10 bits per heavy atom. The highest BCUT2D eigenvalue weighted by atomic mass is 32.2. The third-order valence-electron chi connectivity index (χ3n) is 2.76. The zero-order valence-electron chi connectivity index (χ0n) is 11.5. The van der Waals surface area contributed by atoms with Gasteiger partial charge in [0.15, 0.2) is 5.13 Å². The number of nitrogens with zero attached hydrogens (tertiary/aromatic N) is 1. The van der Waals surface area contributed by atoms with Crippen LogP contribution in [0.3, 0.4) is 0 Å². The Morgan fingerprint density at radius 3 is 2.65 bits per heavy atom. The lowest BCUT2D eigenvalue weighted by Crippen LogP contribution is -1.87. The maximum atomic E-state index is 4.63. The van der Waals surface area contributed by atoms with Gasteiger partial charge < -0.3 is 5.32 Å². The Labute approximate surface area is 127 Å². The van der Waals surface area contributed by atoms with E-state index in [1.165, 1.54) is 9.60 Å². The highest BCUT2D eigenvalue weighted by Gasteiger charge is 2.06. The van der Waals surface area contributed by atoms with E-state index in [1.807, 2.05) is 42.1 Å². The maximum Gasteiger partial charge on any atom is 0.188 e. The molecule has 2 nitrogen and oxygen atoms in total. The fraction of sp³-hybridized carbons (Fsp3) is 0.188. The second-order valence-corrected chi connectivity index (χ2v) is 7.49. The second-order valence-electron chi connectivity index (χ2n) is 4.81. The van der Waals surface area contributed by atoms with Crippen molar-refractivity contribution in [1.82, 2.24) is 4.98 Å². The van der Waals surface area contributed by atoms with Crippen LogP contribution in [0, 0.1) is 0 Å². The van der Waals surface area contributed by atoms with Gasteiger partial charge in [-0.1, -0.05) is 43.4 Å². The van der Waals surface area contributed by atoms with Gasteiger partial charge in [-0.15, -0.1) is 11.8 Å². The zero-order chi connectivity index (χ0) is 13.9. The number of fused-ring (bicyclic) bond motifs is 1. The molecule has 0 unspecified atom stereocenters. The fourth-order valence-corrected chi connectivity index (χ4v) is 3.83. The van der Waals surface area contributed by atoms with Gasteiger partial charge in [-0.2, -0.15) is 0 Å². The summed E-state index contributed by atoms with van der Waals surface area (Å²) in [6, 6.07) is 16.6. The summed E-state index contributed by atoms with van der Waals surface area (Å²) in [5.41, 5.74) is 2.13. The van der Waals surface area contributed by atoms with Gasteiger partial charge in [-0.05, 0) is 30.3 Å². The summed E-state index contributed by atoms with van der Waals surface area (Å²) in [6.07, 6.45) is 0. The molecule has 0 aliphatic rings. The number of thioether (sulfide) groups is 1. The van der Waals surface area contributed by atoms with Gasteiger partial charge in [0, 0.05) is 15.8 Å². The van der Waals surface area contributed by atoms with Crippen LogP contribution in [0.25, 0.3) is 10.2 Å². The predicted octanol–water partition coefficient (Wildman–Crippen LogP) is 5.54. The minimum absolute atomic E-state index is 0.599. The van der Waals surface area contributed by atoms with Crippen molar-refractivity contribution < 1.29 is 0 Å². The molecule has 1 heterocycles. The number of benzene rings is 2. The molecule has 0 aliphatic carbocycles. The molecule has 0 bridgehead atoms. The summed E-state index contributed by atoms with van der Waals surface area (Å²) in [6.45, 7) is 4.42. The predicted molar refractivity (Wildman–Crippen MR) is 90.3 cm³/mol. The van der Waals surface area contributed by atoms with Crippen molar-refractivity contribution in [2.75, 3.05) is 5.32 Å². The van der Waals surface area contributed by atoms with Crippen LogP contribution in [-0.4, -0.2) is 10.2 Å². The van der Waals surface area contributed by atoms with Gasteiger partial charge >= 0.3 is 0 Å². The first-order valence-electron chi connectivity index (χ1n) is 6.60. The van der Waals surface area contributed by atoms with Crippen LogP contribution in [0.1, 0.15) is 13.8 Å². The first-order valence-corrected chi connectivity index (χ1v) is 8.29. The molecule has 0 atom stereocenters. The van der Waals surface area contributed by atoms with Crippen molar-refractivity contribution in [3.63, 3.8) is 0 Å². The number of thiazole rings is 1. The number of nitrogens with one attached hydrogen (secondary N) is 1. The van der Waals surface area contributed by atoms with E-state index in [2.05, 4.69) is 42.3 Å². The van der Waals surface area contributed by atoms with Crippen LogP contribution in [0.15, 0.2) is 53.4 Å². The topological polar surface area (TPSA) is 24.9 Å². The van der Waals surface area contributed by atoms with E-state index in [-0.39, 0.29) is 0 Å². The van der Waals surface area contributed by atoms with Crippen molar-refractivity contribution in [3.8, 4) is 0 Å². The Morgan fingerprint density at radius 2 is 1.90 bits per heavy atom. The van der Waals surface area contributed by atoms with Crippen molar-refractivity contribution in [2.45, 2.75) is 24.0 Å².